The Morgan fingerprint density at radius 1 is 0.921 bits per heavy atom. The van der Waals surface area contributed by atoms with E-state index in [1.807, 2.05) is 62.5 Å². The lowest BCUT2D eigenvalue weighted by Crippen LogP contribution is -2.13. The highest BCUT2D eigenvalue weighted by Crippen LogP contribution is 2.30. The van der Waals surface area contributed by atoms with Crippen molar-refractivity contribution < 1.29 is 8.42 Å². The minimum Gasteiger partial charge on any atom is -0.383 e. The van der Waals surface area contributed by atoms with Crippen LogP contribution in [0.1, 0.15) is 17.3 Å². The average Bonchev–Trinajstić information content (AvgIpc) is 3.42. The predicted octanol–water partition coefficient (Wildman–Crippen LogP) is 4.33. The molecule has 0 aliphatic carbocycles. The summed E-state index contributed by atoms with van der Waals surface area (Å²) in [5.41, 5.74) is 11.0. The average molecular weight is 524 g/mol. The third kappa shape index (κ3) is 4.00. The van der Waals surface area contributed by atoms with E-state index in [1.165, 1.54) is 6.07 Å². The van der Waals surface area contributed by atoms with Crippen LogP contribution in [0.4, 0.5) is 5.82 Å². The van der Waals surface area contributed by atoms with Crippen molar-refractivity contribution in [3.05, 3.63) is 96.5 Å². The molecule has 0 unspecified atom stereocenters. The van der Waals surface area contributed by atoms with Crippen molar-refractivity contribution in [2.45, 2.75) is 25.3 Å². The number of benzene rings is 3. The van der Waals surface area contributed by atoms with E-state index in [4.69, 9.17) is 15.9 Å². The van der Waals surface area contributed by atoms with Gasteiger partial charge in [0.1, 0.15) is 17.5 Å². The number of hydrogen-bond acceptors (Lipinski definition) is 6. The summed E-state index contributed by atoms with van der Waals surface area (Å²) >= 11 is 0. The van der Waals surface area contributed by atoms with Crippen molar-refractivity contribution in [1.29, 1.82) is 0 Å². The zero-order valence-electron chi connectivity index (χ0n) is 20.8. The fraction of sp³-hybridized carbons (Fsp3) is 0.107. The molecule has 0 bridgehead atoms. The molecule has 0 aliphatic rings. The van der Waals surface area contributed by atoms with Crippen LogP contribution in [0.25, 0.3) is 38.6 Å². The molecule has 0 fully saturated rings. The fourth-order valence-electron chi connectivity index (χ4n) is 5.01. The second kappa shape index (κ2) is 8.79. The molecule has 0 atom stereocenters. The second-order valence-corrected chi connectivity index (χ2v) is 10.8. The summed E-state index contributed by atoms with van der Waals surface area (Å²) in [5.74, 6) is 2.17. The topological polar surface area (TPSA) is 135 Å². The van der Waals surface area contributed by atoms with Crippen LogP contribution in [0.15, 0.2) is 84.0 Å². The summed E-state index contributed by atoms with van der Waals surface area (Å²) in [4.78, 5) is 13.7. The first-order valence-corrected chi connectivity index (χ1v) is 13.5. The zero-order chi connectivity index (χ0) is 26.6. The van der Waals surface area contributed by atoms with Gasteiger partial charge in [0.05, 0.1) is 34.4 Å². The summed E-state index contributed by atoms with van der Waals surface area (Å²) in [6, 6.07) is 20.5. The largest absolute Gasteiger partial charge is 0.383 e. The van der Waals surface area contributed by atoms with E-state index in [2.05, 4.69) is 19.1 Å². The van der Waals surface area contributed by atoms with Crippen molar-refractivity contribution >= 4 is 37.6 Å². The van der Waals surface area contributed by atoms with Crippen molar-refractivity contribution in [1.82, 2.24) is 24.1 Å². The molecule has 0 spiro atoms. The number of imidazole rings is 2. The molecule has 4 N–H and O–H groups in total. The number of nitrogens with zero attached hydrogens (tertiary/aromatic N) is 5. The van der Waals surface area contributed by atoms with Gasteiger partial charge in [0.25, 0.3) is 0 Å². The Hall–Kier alpha value is -4.54. The highest BCUT2D eigenvalue weighted by atomic mass is 32.2. The second-order valence-electron chi connectivity index (χ2n) is 9.22. The number of sulfonamides is 1. The standard InChI is InChI=1S/C28H25N7O2S/c1-17-32-15-22(35(17)21-9-7-19-11-12-31-28(29)24(19)14-21)16-34-18(2)33-25-13-20(8-10-26(25)34)23-5-3-4-6-27(23)38(30,36)37/h3-15H,16H2,1-2H3,(H2,29,31)(H2,30,36,37). The summed E-state index contributed by atoms with van der Waals surface area (Å²) in [7, 11) is -3.87. The molecule has 10 heteroatoms. The van der Waals surface area contributed by atoms with E-state index in [1.54, 1.807) is 24.4 Å². The van der Waals surface area contributed by atoms with E-state index in [-0.39, 0.29) is 4.90 Å². The molecule has 6 rings (SSSR count). The maximum absolute atomic E-state index is 12.1. The van der Waals surface area contributed by atoms with Gasteiger partial charge in [-0.25, -0.2) is 28.5 Å². The normalized spacial score (nSPS) is 12.0. The molecule has 0 radical (unpaired) electrons. The van der Waals surface area contributed by atoms with Gasteiger partial charge in [-0.15, -0.1) is 0 Å². The molecule has 6 aromatic rings. The fourth-order valence-corrected chi connectivity index (χ4v) is 5.77. The van der Waals surface area contributed by atoms with Gasteiger partial charge in [-0.3, -0.25) is 4.57 Å². The number of primary sulfonamides is 1. The van der Waals surface area contributed by atoms with Crippen LogP contribution in [0.5, 0.6) is 0 Å². The van der Waals surface area contributed by atoms with E-state index >= 15 is 0 Å². The van der Waals surface area contributed by atoms with Crippen molar-refractivity contribution in [2.24, 2.45) is 5.14 Å². The quantitative estimate of drug-likeness (QED) is 0.345. The SMILES string of the molecule is Cc1ncc(Cn2c(C)nc3cc(-c4ccccc4S(N)(=O)=O)ccc32)n1-c1ccc2ccnc(N)c2c1. The molecular formula is C28H25N7O2S. The van der Waals surface area contributed by atoms with Crippen LogP contribution < -0.4 is 10.9 Å². The van der Waals surface area contributed by atoms with Gasteiger partial charge in [0, 0.05) is 22.8 Å². The van der Waals surface area contributed by atoms with Crippen LogP contribution in [-0.4, -0.2) is 32.5 Å². The number of aromatic nitrogens is 5. The summed E-state index contributed by atoms with van der Waals surface area (Å²) in [5, 5.41) is 7.37. The van der Waals surface area contributed by atoms with E-state index < -0.39 is 10.0 Å². The highest BCUT2D eigenvalue weighted by Gasteiger charge is 2.18. The van der Waals surface area contributed by atoms with Gasteiger partial charge >= 0.3 is 0 Å². The van der Waals surface area contributed by atoms with Gasteiger partial charge in [-0.2, -0.15) is 0 Å². The van der Waals surface area contributed by atoms with Crippen LogP contribution in [0.3, 0.4) is 0 Å². The molecule has 190 valence electrons. The molecule has 0 amide bonds. The maximum atomic E-state index is 12.1. The Bertz CT molecular complexity index is 1970. The maximum Gasteiger partial charge on any atom is 0.238 e. The molecule has 0 aliphatic heterocycles. The van der Waals surface area contributed by atoms with Gasteiger partial charge in [0.2, 0.25) is 10.0 Å². The van der Waals surface area contributed by atoms with E-state index in [9.17, 15) is 8.42 Å². The molecule has 3 aromatic heterocycles. The lowest BCUT2D eigenvalue weighted by Gasteiger charge is -2.14. The van der Waals surface area contributed by atoms with Gasteiger partial charge in [-0.1, -0.05) is 30.3 Å². The Kier molecular flexibility index (Phi) is 5.51. The number of anilines is 1. The van der Waals surface area contributed by atoms with Crippen molar-refractivity contribution in [3.8, 4) is 16.8 Å². The minimum absolute atomic E-state index is 0.0844. The molecule has 38 heavy (non-hydrogen) atoms. The lowest BCUT2D eigenvalue weighted by molar-refractivity contribution is 0.598. The molecular weight excluding hydrogens is 498 g/mol. The minimum atomic E-state index is -3.87. The number of hydrogen-bond donors (Lipinski definition) is 2. The Balaban J connectivity index is 1.42. The molecule has 3 aromatic carbocycles. The zero-order valence-corrected chi connectivity index (χ0v) is 21.6. The number of nitrogens with two attached hydrogens (primary N) is 2. The number of aryl methyl sites for hydroxylation is 2. The first kappa shape index (κ1) is 23.8. The Morgan fingerprint density at radius 2 is 1.74 bits per heavy atom. The predicted molar refractivity (Wildman–Crippen MR) is 148 cm³/mol. The Labute approximate surface area is 219 Å². The van der Waals surface area contributed by atoms with Crippen LogP contribution in [0.2, 0.25) is 0 Å². The summed E-state index contributed by atoms with van der Waals surface area (Å²) in [6.45, 7) is 4.46. The van der Waals surface area contributed by atoms with Crippen LogP contribution >= 0.6 is 0 Å². The summed E-state index contributed by atoms with van der Waals surface area (Å²) in [6.07, 6.45) is 3.57. The Morgan fingerprint density at radius 3 is 2.55 bits per heavy atom. The van der Waals surface area contributed by atoms with Gasteiger partial charge in [-0.05, 0) is 61.2 Å². The van der Waals surface area contributed by atoms with E-state index in [0.29, 0.717) is 17.9 Å². The van der Waals surface area contributed by atoms with Gasteiger partial charge in [0.15, 0.2) is 0 Å². The number of rotatable bonds is 5. The number of pyridine rings is 1. The van der Waals surface area contributed by atoms with Crippen LogP contribution in [0, 0.1) is 13.8 Å². The lowest BCUT2D eigenvalue weighted by atomic mass is 10.1. The molecule has 0 saturated heterocycles. The number of nitrogen functional groups attached to an aromatic ring is 1. The van der Waals surface area contributed by atoms with Crippen molar-refractivity contribution in [3.63, 3.8) is 0 Å². The first-order valence-electron chi connectivity index (χ1n) is 12.0. The number of fused-ring (bicyclic) bond motifs is 2. The highest BCUT2D eigenvalue weighted by molar-refractivity contribution is 7.89. The molecule has 0 saturated carbocycles. The summed E-state index contributed by atoms with van der Waals surface area (Å²) < 4.78 is 28.5. The molecule has 3 heterocycles. The smallest absolute Gasteiger partial charge is 0.238 e. The molecule has 9 nitrogen and oxygen atoms in total. The van der Waals surface area contributed by atoms with Crippen molar-refractivity contribution in [2.75, 3.05) is 5.73 Å². The van der Waals surface area contributed by atoms with Crippen LogP contribution in [-0.2, 0) is 16.6 Å². The first-order chi connectivity index (χ1) is 18.2. The third-order valence-electron chi connectivity index (χ3n) is 6.81. The monoisotopic (exact) mass is 523 g/mol. The third-order valence-corrected chi connectivity index (χ3v) is 7.78. The van der Waals surface area contributed by atoms with Gasteiger partial charge < -0.3 is 10.3 Å². The van der Waals surface area contributed by atoms with E-state index in [0.717, 1.165) is 50.4 Å².